The Hall–Kier alpha value is -2.85. The molecular weight excluding hydrogens is 474 g/mol. The fraction of sp³-hybridized carbons (Fsp3) is 0.417. The molecule has 0 saturated heterocycles. The van der Waals surface area contributed by atoms with Gasteiger partial charge in [-0.05, 0) is 24.1 Å². The molecule has 10 heteroatoms. The van der Waals surface area contributed by atoms with Crippen LogP contribution in [0.4, 0.5) is 5.13 Å². The molecule has 0 saturated carbocycles. The number of benzene rings is 1. The minimum absolute atomic E-state index is 0.0533. The van der Waals surface area contributed by atoms with E-state index in [1.165, 1.54) is 11.3 Å². The number of ether oxygens (including phenoxy) is 1. The van der Waals surface area contributed by atoms with Gasteiger partial charge in [0.05, 0.1) is 29.6 Å². The highest BCUT2D eigenvalue weighted by atomic mass is 32.2. The van der Waals surface area contributed by atoms with Gasteiger partial charge in [-0.1, -0.05) is 44.2 Å². The first-order chi connectivity index (χ1) is 16.2. The van der Waals surface area contributed by atoms with Crippen LogP contribution in [0.5, 0.6) is 5.75 Å². The number of amides is 1. The number of carboxylic acid groups (broad SMARTS) is 1. The molecule has 0 unspecified atom stereocenters. The molecule has 0 aliphatic heterocycles. The molecule has 8 nitrogen and oxygen atoms in total. The van der Waals surface area contributed by atoms with Crippen LogP contribution in [0.1, 0.15) is 50.8 Å². The van der Waals surface area contributed by atoms with Crippen LogP contribution in [0, 0.1) is 0 Å². The molecule has 1 aromatic carbocycles. The Labute approximate surface area is 207 Å². The van der Waals surface area contributed by atoms with E-state index in [4.69, 9.17) is 14.3 Å². The predicted molar refractivity (Wildman–Crippen MR) is 133 cm³/mol. The number of thiazole rings is 1. The van der Waals surface area contributed by atoms with Crippen LogP contribution < -0.4 is 10.1 Å². The number of aliphatic carboxylic acids is 1. The number of nitrogens with one attached hydrogen (secondary N) is 1. The summed E-state index contributed by atoms with van der Waals surface area (Å²) in [5.74, 6) is 2.09. The van der Waals surface area contributed by atoms with E-state index in [1.54, 1.807) is 36.3 Å². The normalized spacial score (nSPS) is 11.4. The lowest BCUT2D eigenvalue weighted by Crippen LogP contribution is -2.14. The lowest BCUT2D eigenvalue weighted by Gasteiger charge is -2.13. The first-order valence-corrected chi connectivity index (χ1v) is 12.8. The van der Waals surface area contributed by atoms with E-state index in [0.717, 1.165) is 33.6 Å². The summed E-state index contributed by atoms with van der Waals surface area (Å²) in [4.78, 5) is 31.5. The summed E-state index contributed by atoms with van der Waals surface area (Å²) in [5, 5.41) is 12.0. The average Bonchev–Trinajstić information content (AvgIpc) is 3.42. The summed E-state index contributed by atoms with van der Waals surface area (Å²) in [6, 6.07) is 7.20. The summed E-state index contributed by atoms with van der Waals surface area (Å²) < 4.78 is 12.3. The molecule has 182 valence electrons. The summed E-state index contributed by atoms with van der Waals surface area (Å²) >= 11 is 3.09. The monoisotopic (exact) mass is 503 g/mol. The predicted octanol–water partition coefficient (Wildman–Crippen LogP) is 5.19. The third-order valence-electron chi connectivity index (χ3n) is 4.68. The molecule has 0 aliphatic rings. The number of carboxylic acids is 1. The largest absolute Gasteiger partial charge is 0.494 e. The van der Waals surface area contributed by atoms with Crippen molar-refractivity contribution in [3.63, 3.8) is 0 Å². The zero-order valence-corrected chi connectivity index (χ0v) is 21.1. The molecule has 3 aromatic rings. The van der Waals surface area contributed by atoms with Crippen molar-refractivity contribution in [3.05, 3.63) is 53.9 Å². The second kappa shape index (κ2) is 12.0. The molecule has 0 aliphatic carbocycles. The van der Waals surface area contributed by atoms with Gasteiger partial charge in [0.2, 0.25) is 5.91 Å². The number of anilines is 1. The number of aryl methyl sites for hydroxylation is 1. The van der Waals surface area contributed by atoms with E-state index < -0.39 is 5.97 Å². The number of rotatable bonds is 12. The Morgan fingerprint density at radius 2 is 1.94 bits per heavy atom. The highest BCUT2D eigenvalue weighted by Gasteiger charge is 2.19. The van der Waals surface area contributed by atoms with Gasteiger partial charge in [0.1, 0.15) is 11.5 Å². The van der Waals surface area contributed by atoms with Gasteiger partial charge in [-0.2, -0.15) is 0 Å². The number of carbonyl (C=O) groups is 2. The van der Waals surface area contributed by atoms with Crippen molar-refractivity contribution in [2.45, 2.75) is 56.1 Å². The van der Waals surface area contributed by atoms with Gasteiger partial charge in [0.15, 0.2) is 11.0 Å². The lowest BCUT2D eigenvalue weighted by molar-refractivity contribution is -0.137. The van der Waals surface area contributed by atoms with Crippen molar-refractivity contribution in [2.24, 2.45) is 0 Å². The molecule has 0 atom stereocenters. The number of carbonyl (C=O) groups excluding carboxylic acids is 1. The van der Waals surface area contributed by atoms with E-state index >= 15 is 0 Å². The van der Waals surface area contributed by atoms with Crippen molar-refractivity contribution in [2.75, 3.05) is 17.7 Å². The lowest BCUT2D eigenvalue weighted by atomic mass is 9.94. The third-order valence-corrected chi connectivity index (χ3v) is 6.78. The third kappa shape index (κ3) is 8.49. The summed E-state index contributed by atoms with van der Waals surface area (Å²) in [6.45, 7) is 6.62. The van der Waals surface area contributed by atoms with Crippen LogP contribution in [0.15, 0.2) is 45.3 Å². The fourth-order valence-corrected chi connectivity index (χ4v) is 4.76. The van der Waals surface area contributed by atoms with Crippen LogP contribution in [0.2, 0.25) is 0 Å². The maximum absolute atomic E-state index is 12.4. The fourth-order valence-electron chi connectivity index (χ4n) is 2.86. The number of hydrogen-bond donors (Lipinski definition) is 2. The van der Waals surface area contributed by atoms with Crippen LogP contribution >= 0.6 is 23.1 Å². The van der Waals surface area contributed by atoms with Crippen molar-refractivity contribution in [1.82, 2.24) is 9.97 Å². The molecular formula is C24H29N3O5S2. The Morgan fingerprint density at radius 1 is 1.18 bits per heavy atom. The Bertz CT molecular complexity index is 1090. The SMILES string of the molecule is CC(C)(C)c1cnc(CCSc2cnc(NC(=O)Cc3ccc(OCCCC(=O)O)cc3)s2)o1. The number of nitrogens with zero attached hydrogens (tertiary/aromatic N) is 2. The molecule has 0 fully saturated rings. The van der Waals surface area contributed by atoms with Gasteiger partial charge < -0.3 is 19.6 Å². The number of oxazole rings is 1. The smallest absolute Gasteiger partial charge is 0.303 e. The zero-order chi connectivity index (χ0) is 24.6. The molecule has 0 radical (unpaired) electrons. The van der Waals surface area contributed by atoms with Crippen LogP contribution in [0.3, 0.4) is 0 Å². The minimum atomic E-state index is -0.836. The Kier molecular flexibility index (Phi) is 9.12. The molecule has 34 heavy (non-hydrogen) atoms. The van der Waals surface area contributed by atoms with E-state index in [0.29, 0.717) is 23.9 Å². The summed E-state index contributed by atoms with van der Waals surface area (Å²) in [6.07, 6.45) is 5.03. The quantitative estimate of drug-likeness (QED) is 0.256. The standard InChI is InChI=1S/C24H29N3O5S2/c1-24(2,3)18-14-25-20(32-18)10-12-33-22-15-26-23(34-22)27-19(28)13-16-6-8-17(9-7-16)31-11-4-5-21(29)30/h6-9,14-15H,4-5,10-13H2,1-3H3,(H,29,30)(H,26,27,28). The summed E-state index contributed by atoms with van der Waals surface area (Å²) in [7, 11) is 0. The van der Waals surface area contributed by atoms with E-state index in [1.807, 2.05) is 12.1 Å². The van der Waals surface area contributed by atoms with Gasteiger partial charge in [0, 0.05) is 24.0 Å². The average molecular weight is 504 g/mol. The zero-order valence-electron chi connectivity index (χ0n) is 19.5. The van der Waals surface area contributed by atoms with Gasteiger partial charge in [-0.3, -0.25) is 9.59 Å². The second-order valence-corrected chi connectivity index (χ2v) is 11.1. The molecule has 2 heterocycles. The van der Waals surface area contributed by atoms with E-state index in [9.17, 15) is 9.59 Å². The molecule has 1 amide bonds. The number of thioether (sulfide) groups is 1. The molecule has 2 N–H and O–H groups in total. The highest BCUT2D eigenvalue weighted by Crippen LogP contribution is 2.29. The highest BCUT2D eigenvalue weighted by molar-refractivity contribution is 8.01. The van der Waals surface area contributed by atoms with Crippen molar-refractivity contribution < 1.29 is 23.8 Å². The van der Waals surface area contributed by atoms with E-state index in [-0.39, 0.29) is 24.2 Å². The van der Waals surface area contributed by atoms with Gasteiger partial charge >= 0.3 is 5.97 Å². The number of hydrogen-bond acceptors (Lipinski definition) is 8. The van der Waals surface area contributed by atoms with Crippen LogP contribution in [-0.2, 0) is 27.8 Å². The first kappa shape index (κ1) is 25.8. The van der Waals surface area contributed by atoms with Crippen molar-refractivity contribution in [3.8, 4) is 5.75 Å². The van der Waals surface area contributed by atoms with Gasteiger partial charge in [-0.25, -0.2) is 9.97 Å². The number of aromatic nitrogens is 2. The first-order valence-electron chi connectivity index (χ1n) is 11.0. The Balaban J connectivity index is 1.39. The molecule has 2 aromatic heterocycles. The minimum Gasteiger partial charge on any atom is -0.494 e. The van der Waals surface area contributed by atoms with Gasteiger partial charge in [-0.15, -0.1) is 11.8 Å². The maximum atomic E-state index is 12.4. The van der Waals surface area contributed by atoms with E-state index in [2.05, 4.69) is 36.1 Å². The maximum Gasteiger partial charge on any atom is 0.303 e. The Morgan fingerprint density at radius 3 is 2.62 bits per heavy atom. The van der Waals surface area contributed by atoms with Crippen LogP contribution in [0.25, 0.3) is 0 Å². The second-order valence-electron chi connectivity index (χ2n) is 8.67. The van der Waals surface area contributed by atoms with Crippen LogP contribution in [-0.4, -0.2) is 39.3 Å². The van der Waals surface area contributed by atoms with Crippen molar-refractivity contribution >= 4 is 40.1 Å². The topological polar surface area (TPSA) is 115 Å². The molecule has 3 rings (SSSR count). The molecule has 0 spiro atoms. The van der Waals surface area contributed by atoms with Crippen molar-refractivity contribution in [1.29, 1.82) is 0 Å². The molecule has 0 bridgehead atoms. The van der Waals surface area contributed by atoms with Gasteiger partial charge in [0.25, 0.3) is 0 Å². The summed E-state index contributed by atoms with van der Waals surface area (Å²) in [5.41, 5.74) is 0.796.